The van der Waals surface area contributed by atoms with Crippen LogP contribution in [0.3, 0.4) is 0 Å². The largest absolute Gasteiger partial charge is 0.481 e. The maximum absolute atomic E-state index is 12.4. The Morgan fingerprint density at radius 2 is 2.05 bits per heavy atom. The highest BCUT2D eigenvalue weighted by Crippen LogP contribution is 2.39. The van der Waals surface area contributed by atoms with Gasteiger partial charge >= 0.3 is 5.97 Å². The number of hydrogen-bond donors (Lipinski definition) is 2. The van der Waals surface area contributed by atoms with Crippen LogP contribution in [0.25, 0.3) is 0 Å². The van der Waals surface area contributed by atoms with E-state index >= 15 is 0 Å². The predicted molar refractivity (Wildman–Crippen MR) is 75.6 cm³/mol. The van der Waals surface area contributed by atoms with Gasteiger partial charge in [0.2, 0.25) is 5.91 Å². The summed E-state index contributed by atoms with van der Waals surface area (Å²) in [6, 6.07) is 8.74. The Hall–Kier alpha value is -1.88. The van der Waals surface area contributed by atoms with Crippen LogP contribution in [0.5, 0.6) is 0 Å². The van der Waals surface area contributed by atoms with Gasteiger partial charge in [0.15, 0.2) is 0 Å². The summed E-state index contributed by atoms with van der Waals surface area (Å²) < 4.78 is 5.70. The van der Waals surface area contributed by atoms with E-state index in [2.05, 4.69) is 5.32 Å². The summed E-state index contributed by atoms with van der Waals surface area (Å²) in [7, 11) is 0. The van der Waals surface area contributed by atoms with Crippen molar-refractivity contribution >= 4 is 11.9 Å². The summed E-state index contributed by atoms with van der Waals surface area (Å²) in [6.07, 6.45) is 2.82. The number of carboxylic acid groups (broad SMARTS) is 1. The number of fused-ring (bicyclic) bond motifs is 2. The van der Waals surface area contributed by atoms with Crippen LogP contribution in [0.2, 0.25) is 0 Å². The van der Waals surface area contributed by atoms with E-state index in [1.54, 1.807) is 0 Å². The van der Waals surface area contributed by atoms with E-state index < -0.39 is 12.0 Å². The van der Waals surface area contributed by atoms with E-state index in [1.807, 2.05) is 30.3 Å². The molecule has 0 radical (unpaired) electrons. The average Bonchev–Trinajstić information content (AvgIpc) is 3.09. The fourth-order valence-corrected chi connectivity index (χ4v) is 3.30. The van der Waals surface area contributed by atoms with Gasteiger partial charge in [0.25, 0.3) is 0 Å². The van der Waals surface area contributed by atoms with Crippen molar-refractivity contribution in [1.29, 1.82) is 0 Å². The molecule has 21 heavy (non-hydrogen) atoms. The molecule has 0 aliphatic carbocycles. The fourth-order valence-electron chi connectivity index (χ4n) is 3.30. The maximum Gasteiger partial charge on any atom is 0.305 e. The highest BCUT2D eigenvalue weighted by molar-refractivity contribution is 5.81. The minimum Gasteiger partial charge on any atom is -0.481 e. The van der Waals surface area contributed by atoms with Gasteiger partial charge < -0.3 is 15.2 Å². The second kappa shape index (κ2) is 5.85. The van der Waals surface area contributed by atoms with E-state index in [0.29, 0.717) is 0 Å². The van der Waals surface area contributed by atoms with Gasteiger partial charge in [-0.3, -0.25) is 9.59 Å². The lowest BCUT2D eigenvalue weighted by Gasteiger charge is -2.23. The summed E-state index contributed by atoms with van der Waals surface area (Å²) >= 11 is 0. The van der Waals surface area contributed by atoms with Crippen LogP contribution in [0.4, 0.5) is 0 Å². The van der Waals surface area contributed by atoms with Gasteiger partial charge in [-0.25, -0.2) is 0 Å². The van der Waals surface area contributed by atoms with Crippen molar-refractivity contribution in [2.24, 2.45) is 5.92 Å². The van der Waals surface area contributed by atoms with Gasteiger partial charge in [-0.05, 0) is 24.8 Å². The quantitative estimate of drug-likeness (QED) is 0.868. The van der Waals surface area contributed by atoms with Crippen LogP contribution in [0, 0.1) is 5.92 Å². The maximum atomic E-state index is 12.4. The zero-order valence-corrected chi connectivity index (χ0v) is 11.7. The molecule has 2 bridgehead atoms. The van der Waals surface area contributed by atoms with Crippen LogP contribution in [-0.2, 0) is 14.3 Å². The van der Waals surface area contributed by atoms with Gasteiger partial charge in [-0.1, -0.05) is 30.3 Å². The highest BCUT2D eigenvalue weighted by atomic mass is 16.5. The molecule has 2 N–H and O–H groups in total. The second-order valence-electron chi connectivity index (χ2n) is 5.79. The number of hydrogen-bond acceptors (Lipinski definition) is 3. The third-order valence-electron chi connectivity index (χ3n) is 4.34. The minimum absolute atomic E-state index is 0.0104. The summed E-state index contributed by atoms with van der Waals surface area (Å²) in [5.74, 6) is -1.14. The van der Waals surface area contributed by atoms with E-state index in [4.69, 9.17) is 9.84 Å². The first kappa shape index (κ1) is 14.1. The van der Waals surface area contributed by atoms with Crippen molar-refractivity contribution in [3.05, 3.63) is 35.9 Å². The molecule has 1 amide bonds. The Bertz CT molecular complexity index is 530. The van der Waals surface area contributed by atoms with Gasteiger partial charge in [-0.15, -0.1) is 0 Å². The number of benzene rings is 1. The normalized spacial score (nSPS) is 28.3. The Labute approximate surface area is 123 Å². The average molecular weight is 289 g/mol. The number of carbonyl (C=O) groups excluding carboxylic acids is 1. The number of carbonyl (C=O) groups is 2. The molecule has 4 unspecified atom stereocenters. The van der Waals surface area contributed by atoms with Crippen molar-refractivity contribution in [2.75, 3.05) is 0 Å². The molecule has 1 aromatic carbocycles. The summed E-state index contributed by atoms with van der Waals surface area (Å²) in [5, 5.41) is 11.9. The third kappa shape index (κ3) is 3.08. The van der Waals surface area contributed by atoms with Crippen LogP contribution in [0.1, 0.15) is 37.3 Å². The van der Waals surface area contributed by atoms with Gasteiger partial charge in [-0.2, -0.15) is 0 Å². The predicted octanol–water partition coefficient (Wildman–Crippen LogP) is 1.89. The lowest BCUT2D eigenvalue weighted by Crippen LogP contribution is -2.38. The van der Waals surface area contributed by atoms with Gasteiger partial charge in [0, 0.05) is 0 Å². The molecule has 2 aliphatic rings. The van der Waals surface area contributed by atoms with Crippen LogP contribution < -0.4 is 5.32 Å². The van der Waals surface area contributed by atoms with E-state index in [-0.39, 0.29) is 30.5 Å². The van der Waals surface area contributed by atoms with Crippen molar-refractivity contribution in [1.82, 2.24) is 5.32 Å². The summed E-state index contributed by atoms with van der Waals surface area (Å²) in [6.45, 7) is 0. The summed E-state index contributed by atoms with van der Waals surface area (Å²) in [4.78, 5) is 23.5. The zero-order valence-electron chi connectivity index (χ0n) is 11.7. The van der Waals surface area contributed by atoms with Crippen molar-refractivity contribution in [2.45, 2.75) is 43.9 Å². The monoisotopic (exact) mass is 289 g/mol. The van der Waals surface area contributed by atoms with Crippen LogP contribution in [0.15, 0.2) is 30.3 Å². The van der Waals surface area contributed by atoms with Gasteiger partial charge in [0.1, 0.15) is 0 Å². The third-order valence-corrected chi connectivity index (χ3v) is 4.34. The lowest BCUT2D eigenvalue weighted by atomic mass is 9.88. The molecule has 0 aromatic heterocycles. The van der Waals surface area contributed by atoms with E-state index in [9.17, 15) is 9.59 Å². The molecule has 112 valence electrons. The number of amides is 1. The smallest absolute Gasteiger partial charge is 0.305 e. The number of ether oxygens (including phenoxy) is 1. The Kier molecular flexibility index (Phi) is 3.92. The molecule has 5 nitrogen and oxygen atoms in total. The number of carboxylic acids is 1. The number of nitrogens with one attached hydrogen (secondary N) is 1. The summed E-state index contributed by atoms with van der Waals surface area (Å²) in [5.41, 5.74) is 0.817. The first-order valence-electron chi connectivity index (χ1n) is 7.36. The molecule has 5 heteroatoms. The molecule has 3 rings (SSSR count). The number of aliphatic carboxylic acids is 1. The van der Waals surface area contributed by atoms with Gasteiger partial charge in [0.05, 0.1) is 30.6 Å². The zero-order chi connectivity index (χ0) is 14.8. The molecule has 0 saturated carbocycles. The van der Waals surface area contributed by atoms with Crippen LogP contribution >= 0.6 is 0 Å². The highest BCUT2D eigenvalue weighted by Gasteiger charge is 2.44. The molecule has 2 saturated heterocycles. The molecule has 0 spiro atoms. The standard InChI is InChI=1S/C16H19NO4/c18-15(19)9-13(10-4-2-1-3-5-10)17-16(20)12-8-11-6-7-14(12)21-11/h1-5,11-14H,6-9H2,(H,17,20)(H,18,19). The molecule has 1 aromatic rings. The number of rotatable bonds is 5. The van der Waals surface area contributed by atoms with Crippen molar-refractivity contribution < 1.29 is 19.4 Å². The van der Waals surface area contributed by atoms with E-state index in [0.717, 1.165) is 24.8 Å². The first-order chi connectivity index (χ1) is 10.1. The molecular weight excluding hydrogens is 270 g/mol. The minimum atomic E-state index is -0.923. The molecule has 2 fully saturated rings. The Morgan fingerprint density at radius 1 is 1.29 bits per heavy atom. The lowest BCUT2D eigenvalue weighted by molar-refractivity contribution is -0.138. The van der Waals surface area contributed by atoms with Crippen molar-refractivity contribution in [3.8, 4) is 0 Å². The molecule has 2 heterocycles. The van der Waals surface area contributed by atoms with E-state index in [1.165, 1.54) is 0 Å². The fraction of sp³-hybridized carbons (Fsp3) is 0.500. The Balaban J connectivity index is 1.69. The molecule has 2 aliphatic heterocycles. The first-order valence-corrected chi connectivity index (χ1v) is 7.36. The second-order valence-corrected chi connectivity index (χ2v) is 5.79. The van der Waals surface area contributed by atoms with Crippen LogP contribution in [-0.4, -0.2) is 29.2 Å². The molecular formula is C16H19NO4. The topological polar surface area (TPSA) is 75.6 Å². The Morgan fingerprint density at radius 3 is 2.62 bits per heavy atom. The molecule has 4 atom stereocenters. The SMILES string of the molecule is O=C(O)CC(NC(=O)C1CC2CCC1O2)c1ccccc1. The van der Waals surface area contributed by atoms with Crippen molar-refractivity contribution in [3.63, 3.8) is 0 Å².